The molecular weight excluding hydrogens is 212 g/mol. The van der Waals surface area contributed by atoms with Crippen molar-refractivity contribution in [3.63, 3.8) is 0 Å². The van der Waals surface area contributed by atoms with Crippen molar-refractivity contribution in [3.8, 4) is 0 Å². The third-order valence-electron chi connectivity index (χ3n) is 3.47. The van der Waals surface area contributed by atoms with Crippen LogP contribution in [-0.2, 0) is 9.84 Å². The molecule has 2 rings (SSSR count). The Morgan fingerprint density at radius 1 is 1.27 bits per heavy atom. The van der Waals surface area contributed by atoms with Gasteiger partial charge in [-0.05, 0) is 26.3 Å². The minimum Gasteiger partial charge on any atom is -0.313 e. The zero-order valence-electron chi connectivity index (χ0n) is 9.28. The number of hydrogen-bond acceptors (Lipinski definition) is 4. The lowest BCUT2D eigenvalue weighted by atomic mass is 10.2. The van der Waals surface area contributed by atoms with E-state index in [4.69, 9.17) is 0 Å². The maximum Gasteiger partial charge on any atom is 0.151 e. The van der Waals surface area contributed by atoms with Gasteiger partial charge in [0.05, 0.1) is 11.5 Å². The van der Waals surface area contributed by atoms with Crippen LogP contribution in [0.25, 0.3) is 0 Å². The van der Waals surface area contributed by atoms with Crippen LogP contribution in [0.4, 0.5) is 0 Å². The fourth-order valence-corrected chi connectivity index (χ4v) is 4.22. The first-order valence-electron chi connectivity index (χ1n) is 5.75. The molecule has 2 aliphatic heterocycles. The van der Waals surface area contributed by atoms with Crippen molar-refractivity contribution in [1.29, 1.82) is 0 Å². The van der Waals surface area contributed by atoms with E-state index in [1.165, 1.54) is 0 Å². The molecule has 4 nitrogen and oxygen atoms in total. The van der Waals surface area contributed by atoms with Crippen molar-refractivity contribution in [2.75, 3.05) is 31.1 Å². The van der Waals surface area contributed by atoms with Crippen molar-refractivity contribution < 1.29 is 8.42 Å². The maximum absolute atomic E-state index is 11.4. The van der Waals surface area contributed by atoms with Crippen LogP contribution in [-0.4, -0.2) is 56.5 Å². The van der Waals surface area contributed by atoms with Crippen molar-refractivity contribution in [3.05, 3.63) is 0 Å². The van der Waals surface area contributed by atoms with Gasteiger partial charge in [0.1, 0.15) is 0 Å². The standard InChI is InChI=1S/C10H20N2O2S/c1-9-2-5-12(6-4-11-9)10-3-7-15(13,14)8-10/h9-11H,2-8H2,1H3. The van der Waals surface area contributed by atoms with E-state index < -0.39 is 9.84 Å². The predicted molar refractivity (Wildman–Crippen MR) is 60.7 cm³/mol. The summed E-state index contributed by atoms with van der Waals surface area (Å²) in [5.74, 6) is 0.762. The Hall–Kier alpha value is -0.130. The molecule has 5 heteroatoms. The van der Waals surface area contributed by atoms with Crippen LogP contribution in [0.3, 0.4) is 0 Å². The summed E-state index contributed by atoms with van der Waals surface area (Å²) in [6.07, 6.45) is 1.95. The molecule has 0 bridgehead atoms. The molecule has 0 radical (unpaired) electrons. The first-order valence-corrected chi connectivity index (χ1v) is 7.57. The minimum atomic E-state index is -2.73. The lowest BCUT2D eigenvalue weighted by molar-refractivity contribution is 0.225. The first kappa shape index (κ1) is 11.4. The van der Waals surface area contributed by atoms with Crippen LogP contribution in [0, 0.1) is 0 Å². The van der Waals surface area contributed by atoms with Crippen molar-refractivity contribution in [2.45, 2.75) is 31.8 Å². The van der Waals surface area contributed by atoms with E-state index in [-0.39, 0.29) is 6.04 Å². The van der Waals surface area contributed by atoms with E-state index in [1.54, 1.807) is 0 Å². The Kier molecular flexibility index (Phi) is 3.33. The fourth-order valence-electron chi connectivity index (χ4n) is 2.46. The van der Waals surface area contributed by atoms with E-state index in [2.05, 4.69) is 17.1 Å². The smallest absolute Gasteiger partial charge is 0.151 e. The summed E-state index contributed by atoms with van der Waals surface area (Å²) in [6.45, 7) is 5.20. The second-order valence-corrected chi connectivity index (χ2v) is 6.97. The van der Waals surface area contributed by atoms with Gasteiger partial charge in [-0.2, -0.15) is 0 Å². The van der Waals surface area contributed by atoms with Gasteiger partial charge in [-0.15, -0.1) is 0 Å². The molecule has 2 fully saturated rings. The first-order chi connectivity index (χ1) is 7.07. The van der Waals surface area contributed by atoms with Crippen molar-refractivity contribution >= 4 is 9.84 Å². The zero-order valence-corrected chi connectivity index (χ0v) is 10.1. The average molecular weight is 232 g/mol. The maximum atomic E-state index is 11.4. The monoisotopic (exact) mass is 232 g/mol. The van der Waals surface area contributed by atoms with Gasteiger partial charge in [0.15, 0.2) is 9.84 Å². The summed E-state index contributed by atoms with van der Waals surface area (Å²) >= 11 is 0. The molecule has 2 heterocycles. The molecule has 2 atom stereocenters. The molecule has 15 heavy (non-hydrogen) atoms. The Labute approximate surface area is 91.9 Å². The van der Waals surface area contributed by atoms with Gasteiger partial charge in [0.2, 0.25) is 0 Å². The third-order valence-corrected chi connectivity index (χ3v) is 5.22. The van der Waals surface area contributed by atoms with Gasteiger partial charge in [-0.3, -0.25) is 4.90 Å². The van der Waals surface area contributed by atoms with Crippen LogP contribution in [0.5, 0.6) is 0 Å². The highest BCUT2D eigenvalue weighted by atomic mass is 32.2. The average Bonchev–Trinajstić information content (AvgIpc) is 2.39. The van der Waals surface area contributed by atoms with E-state index >= 15 is 0 Å². The number of sulfone groups is 1. The van der Waals surface area contributed by atoms with E-state index in [9.17, 15) is 8.42 Å². The van der Waals surface area contributed by atoms with E-state index in [1.807, 2.05) is 0 Å². The molecule has 0 aromatic rings. The quantitative estimate of drug-likeness (QED) is 0.683. The molecule has 88 valence electrons. The predicted octanol–water partition coefficient (Wildman–Crippen LogP) is -0.143. The zero-order chi connectivity index (χ0) is 10.9. The second kappa shape index (κ2) is 4.39. The number of nitrogens with one attached hydrogen (secondary N) is 1. The molecule has 2 unspecified atom stereocenters. The Bertz CT molecular complexity index is 315. The lowest BCUT2D eigenvalue weighted by Crippen LogP contribution is -2.38. The summed E-state index contributed by atoms with van der Waals surface area (Å²) in [4.78, 5) is 2.35. The Morgan fingerprint density at radius 3 is 2.73 bits per heavy atom. The molecule has 0 aromatic heterocycles. The van der Waals surface area contributed by atoms with Crippen molar-refractivity contribution in [2.24, 2.45) is 0 Å². The van der Waals surface area contributed by atoms with E-state index in [0.29, 0.717) is 17.5 Å². The Morgan fingerprint density at radius 2 is 2.07 bits per heavy atom. The summed E-state index contributed by atoms with van der Waals surface area (Å²) < 4.78 is 22.8. The molecule has 0 saturated carbocycles. The highest BCUT2D eigenvalue weighted by Crippen LogP contribution is 2.18. The van der Waals surface area contributed by atoms with Gasteiger partial charge in [-0.25, -0.2) is 8.42 Å². The molecule has 1 N–H and O–H groups in total. The second-order valence-electron chi connectivity index (χ2n) is 4.74. The topological polar surface area (TPSA) is 49.4 Å². The number of hydrogen-bond donors (Lipinski definition) is 1. The van der Waals surface area contributed by atoms with E-state index in [0.717, 1.165) is 32.5 Å². The SMILES string of the molecule is CC1CCN(C2CCS(=O)(=O)C2)CCN1. The van der Waals surface area contributed by atoms with Gasteiger partial charge in [0, 0.05) is 25.2 Å². The summed E-state index contributed by atoms with van der Waals surface area (Å²) in [5.41, 5.74) is 0. The van der Waals surface area contributed by atoms with Crippen LogP contribution in [0.2, 0.25) is 0 Å². The molecule has 2 aliphatic rings. The largest absolute Gasteiger partial charge is 0.313 e. The normalized spacial score (nSPS) is 37.7. The molecule has 0 spiro atoms. The van der Waals surface area contributed by atoms with Crippen LogP contribution in [0.15, 0.2) is 0 Å². The van der Waals surface area contributed by atoms with Crippen LogP contribution < -0.4 is 5.32 Å². The number of rotatable bonds is 1. The number of nitrogens with zero attached hydrogens (tertiary/aromatic N) is 1. The van der Waals surface area contributed by atoms with Gasteiger partial charge in [0.25, 0.3) is 0 Å². The van der Waals surface area contributed by atoms with Crippen LogP contribution in [0.1, 0.15) is 19.8 Å². The highest BCUT2D eigenvalue weighted by Gasteiger charge is 2.32. The molecule has 0 aromatic carbocycles. The molecule has 2 saturated heterocycles. The summed E-state index contributed by atoms with van der Waals surface area (Å²) in [6, 6.07) is 0.843. The molecular formula is C10H20N2O2S. The summed E-state index contributed by atoms with van der Waals surface area (Å²) in [5, 5.41) is 3.43. The van der Waals surface area contributed by atoms with Gasteiger partial charge < -0.3 is 5.32 Å². The lowest BCUT2D eigenvalue weighted by Gasteiger charge is -2.25. The van der Waals surface area contributed by atoms with Crippen LogP contribution >= 0.6 is 0 Å². The van der Waals surface area contributed by atoms with Gasteiger partial charge in [-0.1, -0.05) is 0 Å². The minimum absolute atomic E-state index is 0.280. The highest BCUT2D eigenvalue weighted by molar-refractivity contribution is 7.91. The van der Waals surface area contributed by atoms with Gasteiger partial charge >= 0.3 is 0 Å². The molecule has 0 amide bonds. The van der Waals surface area contributed by atoms with Crippen molar-refractivity contribution in [1.82, 2.24) is 10.2 Å². The molecule has 0 aliphatic carbocycles. The fraction of sp³-hybridized carbons (Fsp3) is 1.00. The Balaban J connectivity index is 1.94. The third kappa shape index (κ3) is 2.92. The summed E-state index contributed by atoms with van der Waals surface area (Å²) in [7, 11) is -2.73.